The number of hydrogen-bond acceptors (Lipinski definition) is 2. The summed E-state index contributed by atoms with van der Waals surface area (Å²) in [6.07, 6.45) is 1.74. The van der Waals surface area contributed by atoms with Crippen LogP contribution in [0.15, 0.2) is 30.5 Å². The van der Waals surface area contributed by atoms with Crippen molar-refractivity contribution in [2.75, 3.05) is 5.32 Å². The molecule has 2 nitrogen and oxygen atoms in total. The van der Waals surface area contributed by atoms with Crippen LogP contribution in [0.3, 0.4) is 0 Å². The van der Waals surface area contributed by atoms with Crippen molar-refractivity contribution in [2.24, 2.45) is 0 Å². The van der Waals surface area contributed by atoms with E-state index in [4.69, 9.17) is 23.2 Å². The van der Waals surface area contributed by atoms with Gasteiger partial charge in [-0.05, 0) is 48.7 Å². The van der Waals surface area contributed by atoms with Gasteiger partial charge in [-0.25, -0.2) is 4.98 Å². The first-order valence-electron chi connectivity index (χ1n) is 5.67. The first-order chi connectivity index (χ1) is 8.56. The molecule has 4 heteroatoms. The Bertz CT molecular complexity index is 568. The minimum absolute atomic E-state index is 0.545. The Morgan fingerprint density at radius 3 is 2.56 bits per heavy atom. The highest BCUT2D eigenvalue weighted by molar-refractivity contribution is 6.30. The SMILES string of the molecule is Cc1cc(Cl)ccc1CNc1cnc(Cl)c(C)c1. The number of anilines is 1. The summed E-state index contributed by atoms with van der Waals surface area (Å²) in [7, 11) is 0. The van der Waals surface area contributed by atoms with Crippen molar-refractivity contribution in [3.05, 3.63) is 57.3 Å². The molecule has 0 aliphatic carbocycles. The van der Waals surface area contributed by atoms with Crippen LogP contribution in [0.1, 0.15) is 16.7 Å². The van der Waals surface area contributed by atoms with E-state index in [1.54, 1.807) is 6.20 Å². The van der Waals surface area contributed by atoms with Gasteiger partial charge < -0.3 is 5.32 Å². The van der Waals surface area contributed by atoms with E-state index in [0.29, 0.717) is 5.15 Å². The van der Waals surface area contributed by atoms with Crippen molar-refractivity contribution in [3.63, 3.8) is 0 Å². The lowest BCUT2D eigenvalue weighted by Gasteiger charge is -2.10. The van der Waals surface area contributed by atoms with Crippen molar-refractivity contribution in [3.8, 4) is 0 Å². The predicted octanol–water partition coefficient (Wildman–Crippen LogP) is 4.62. The summed E-state index contributed by atoms with van der Waals surface area (Å²) < 4.78 is 0. The summed E-state index contributed by atoms with van der Waals surface area (Å²) in [5.74, 6) is 0. The van der Waals surface area contributed by atoms with Gasteiger partial charge in [-0.1, -0.05) is 29.3 Å². The summed E-state index contributed by atoms with van der Waals surface area (Å²) >= 11 is 11.8. The van der Waals surface area contributed by atoms with Crippen LogP contribution in [0.4, 0.5) is 5.69 Å². The molecule has 18 heavy (non-hydrogen) atoms. The van der Waals surface area contributed by atoms with Gasteiger partial charge in [-0.15, -0.1) is 0 Å². The van der Waals surface area contributed by atoms with Crippen molar-refractivity contribution >= 4 is 28.9 Å². The molecule has 0 atom stereocenters. The molecule has 0 aliphatic rings. The number of aromatic nitrogens is 1. The fourth-order valence-electron chi connectivity index (χ4n) is 1.71. The molecule has 0 saturated carbocycles. The van der Waals surface area contributed by atoms with Gasteiger partial charge in [0.15, 0.2) is 0 Å². The molecule has 94 valence electrons. The highest BCUT2D eigenvalue weighted by Crippen LogP contribution is 2.19. The van der Waals surface area contributed by atoms with Crippen molar-refractivity contribution < 1.29 is 0 Å². The first kappa shape index (κ1) is 13.2. The Labute approximate surface area is 117 Å². The molecule has 1 heterocycles. The summed E-state index contributed by atoms with van der Waals surface area (Å²) in [5.41, 5.74) is 4.32. The predicted molar refractivity (Wildman–Crippen MR) is 77.5 cm³/mol. The summed E-state index contributed by atoms with van der Waals surface area (Å²) in [6.45, 7) is 4.73. The maximum atomic E-state index is 5.93. The van der Waals surface area contributed by atoms with Gasteiger partial charge in [-0.3, -0.25) is 0 Å². The quantitative estimate of drug-likeness (QED) is 0.830. The van der Waals surface area contributed by atoms with Crippen LogP contribution in [-0.2, 0) is 6.54 Å². The molecule has 0 saturated heterocycles. The average Bonchev–Trinajstić information content (AvgIpc) is 2.32. The summed E-state index contributed by atoms with van der Waals surface area (Å²) in [6, 6.07) is 7.88. The molecule has 1 aromatic heterocycles. The van der Waals surface area contributed by atoms with E-state index < -0.39 is 0 Å². The molecule has 0 spiro atoms. The smallest absolute Gasteiger partial charge is 0.132 e. The second-order valence-electron chi connectivity index (χ2n) is 4.26. The molecule has 1 N–H and O–H groups in total. The monoisotopic (exact) mass is 280 g/mol. The Morgan fingerprint density at radius 2 is 1.89 bits per heavy atom. The third kappa shape index (κ3) is 3.15. The van der Waals surface area contributed by atoms with Gasteiger partial charge >= 0.3 is 0 Å². The molecule has 0 radical (unpaired) electrons. The molecule has 0 aliphatic heterocycles. The lowest BCUT2D eigenvalue weighted by Crippen LogP contribution is -2.02. The molecular weight excluding hydrogens is 267 g/mol. The van der Waals surface area contributed by atoms with E-state index in [1.165, 1.54) is 11.1 Å². The molecule has 0 fully saturated rings. The van der Waals surface area contributed by atoms with Crippen molar-refractivity contribution in [1.82, 2.24) is 4.98 Å². The minimum Gasteiger partial charge on any atom is -0.380 e. The standard InChI is InChI=1S/C14H14Cl2N2/c1-9-5-12(15)4-3-11(9)7-17-13-6-10(2)14(16)18-8-13/h3-6,8,17H,7H2,1-2H3. The fourth-order valence-corrected chi connectivity index (χ4v) is 2.04. The molecular formula is C14H14Cl2N2. The van der Waals surface area contributed by atoms with Gasteiger partial charge in [0.1, 0.15) is 5.15 Å². The number of pyridine rings is 1. The zero-order chi connectivity index (χ0) is 13.1. The maximum absolute atomic E-state index is 5.93. The van der Waals surface area contributed by atoms with E-state index in [9.17, 15) is 0 Å². The van der Waals surface area contributed by atoms with Gasteiger partial charge in [0.2, 0.25) is 0 Å². The van der Waals surface area contributed by atoms with Crippen LogP contribution in [0.25, 0.3) is 0 Å². The van der Waals surface area contributed by atoms with Gasteiger partial charge in [0.25, 0.3) is 0 Å². The molecule has 2 rings (SSSR count). The fraction of sp³-hybridized carbons (Fsp3) is 0.214. The van der Waals surface area contributed by atoms with Crippen LogP contribution < -0.4 is 5.32 Å². The van der Waals surface area contributed by atoms with Crippen LogP contribution in [0.2, 0.25) is 10.2 Å². The molecule has 1 aromatic carbocycles. The van der Waals surface area contributed by atoms with E-state index >= 15 is 0 Å². The number of nitrogens with zero attached hydrogens (tertiary/aromatic N) is 1. The zero-order valence-corrected chi connectivity index (χ0v) is 11.8. The maximum Gasteiger partial charge on any atom is 0.132 e. The van der Waals surface area contributed by atoms with E-state index in [-0.39, 0.29) is 0 Å². The Morgan fingerprint density at radius 1 is 1.11 bits per heavy atom. The topological polar surface area (TPSA) is 24.9 Å². The molecule has 0 unspecified atom stereocenters. The Balaban J connectivity index is 2.09. The van der Waals surface area contributed by atoms with E-state index in [0.717, 1.165) is 22.8 Å². The largest absolute Gasteiger partial charge is 0.380 e. The lowest BCUT2D eigenvalue weighted by atomic mass is 10.1. The molecule has 2 aromatic rings. The third-order valence-corrected chi connectivity index (χ3v) is 3.43. The van der Waals surface area contributed by atoms with Crippen LogP contribution in [0, 0.1) is 13.8 Å². The number of aryl methyl sites for hydroxylation is 2. The van der Waals surface area contributed by atoms with Crippen molar-refractivity contribution in [1.29, 1.82) is 0 Å². The average molecular weight is 281 g/mol. The number of halogens is 2. The Hall–Kier alpha value is -1.25. The highest BCUT2D eigenvalue weighted by atomic mass is 35.5. The van der Waals surface area contributed by atoms with E-state index in [1.807, 2.05) is 38.1 Å². The third-order valence-electron chi connectivity index (χ3n) is 2.80. The van der Waals surface area contributed by atoms with Crippen LogP contribution >= 0.6 is 23.2 Å². The van der Waals surface area contributed by atoms with Gasteiger partial charge in [0.05, 0.1) is 11.9 Å². The van der Waals surface area contributed by atoms with Crippen LogP contribution in [-0.4, -0.2) is 4.98 Å². The number of rotatable bonds is 3. The van der Waals surface area contributed by atoms with Crippen LogP contribution in [0.5, 0.6) is 0 Å². The normalized spacial score (nSPS) is 10.4. The molecule has 0 bridgehead atoms. The number of hydrogen-bond donors (Lipinski definition) is 1. The van der Waals surface area contributed by atoms with Gasteiger partial charge in [-0.2, -0.15) is 0 Å². The second-order valence-corrected chi connectivity index (χ2v) is 5.05. The zero-order valence-electron chi connectivity index (χ0n) is 10.3. The molecule has 0 amide bonds. The lowest BCUT2D eigenvalue weighted by molar-refractivity contribution is 1.11. The Kier molecular flexibility index (Phi) is 4.10. The van der Waals surface area contributed by atoms with Crippen molar-refractivity contribution in [2.45, 2.75) is 20.4 Å². The van der Waals surface area contributed by atoms with E-state index in [2.05, 4.69) is 10.3 Å². The summed E-state index contributed by atoms with van der Waals surface area (Å²) in [4.78, 5) is 4.11. The minimum atomic E-state index is 0.545. The summed E-state index contributed by atoms with van der Waals surface area (Å²) in [5, 5.41) is 4.63. The number of benzene rings is 1. The second kappa shape index (κ2) is 5.59. The first-order valence-corrected chi connectivity index (χ1v) is 6.43. The van der Waals surface area contributed by atoms with Gasteiger partial charge in [0, 0.05) is 11.6 Å². The number of nitrogens with one attached hydrogen (secondary N) is 1. The highest BCUT2D eigenvalue weighted by Gasteiger charge is 2.01.